The van der Waals surface area contributed by atoms with Gasteiger partial charge in [0.15, 0.2) is 0 Å². The predicted molar refractivity (Wildman–Crippen MR) is 56.8 cm³/mol. The number of rotatable bonds is 4. The molecule has 1 aromatic carbocycles. The van der Waals surface area contributed by atoms with E-state index in [1.807, 2.05) is 0 Å². The fourth-order valence-corrected chi connectivity index (χ4v) is 1.27. The molecule has 1 rings (SSSR count). The van der Waals surface area contributed by atoms with Crippen LogP contribution in [0.15, 0.2) is 30.9 Å². The molecule has 0 saturated heterocycles. The monoisotopic (exact) mass is 207 g/mol. The number of hydrogen-bond acceptors (Lipinski definition) is 3. The number of nitrogens with two attached hydrogens (primary N) is 1. The molecule has 80 valence electrons. The van der Waals surface area contributed by atoms with E-state index in [-0.39, 0.29) is 17.4 Å². The molecule has 0 unspecified atom stereocenters. The number of phenols is 1. The van der Waals surface area contributed by atoms with Crippen LogP contribution in [-0.4, -0.2) is 16.2 Å². The summed E-state index contributed by atoms with van der Waals surface area (Å²) in [4.78, 5) is 10.7. The second-order valence-electron chi connectivity index (χ2n) is 3.21. The van der Waals surface area contributed by atoms with Crippen LogP contribution in [-0.2, 0) is 0 Å². The van der Waals surface area contributed by atoms with Crippen LogP contribution >= 0.6 is 0 Å². The van der Waals surface area contributed by atoms with E-state index in [0.29, 0.717) is 12.0 Å². The standard InChI is InChI=1S/C11H13NO3/c1-2-3-9(12)7-4-5-10(13)8(6-7)11(14)15/h2,4-6,9,13H,1,3,12H2,(H,14,15)/t9-/m1/s1. The lowest BCUT2D eigenvalue weighted by molar-refractivity contribution is 0.0693. The molecule has 0 aliphatic carbocycles. The maximum absolute atomic E-state index is 10.7. The van der Waals surface area contributed by atoms with Crippen LogP contribution < -0.4 is 5.73 Å². The second kappa shape index (κ2) is 4.61. The Hall–Kier alpha value is -1.81. The van der Waals surface area contributed by atoms with Gasteiger partial charge in [-0.3, -0.25) is 0 Å². The van der Waals surface area contributed by atoms with Gasteiger partial charge >= 0.3 is 5.97 Å². The Morgan fingerprint density at radius 1 is 1.60 bits per heavy atom. The Morgan fingerprint density at radius 3 is 2.80 bits per heavy atom. The molecule has 0 amide bonds. The molecule has 0 saturated carbocycles. The van der Waals surface area contributed by atoms with Crippen LogP contribution in [0, 0.1) is 0 Å². The lowest BCUT2D eigenvalue weighted by Crippen LogP contribution is -2.10. The van der Waals surface area contributed by atoms with E-state index >= 15 is 0 Å². The summed E-state index contributed by atoms with van der Waals surface area (Å²) in [6.07, 6.45) is 2.22. The molecule has 0 heterocycles. The lowest BCUT2D eigenvalue weighted by atomic mass is 10.0. The summed E-state index contributed by atoms with van der Waals surface area (Å²) in [6, 6.07) is 4.03. The molecule has 4 nitrogen and oxygen atoms in total. The van der Waals surface area contributed by atoms with E-state index in [0.717, 1.165) is 0 Å². The number of carboxylic acids is 1. The summed E-state index contributed by atoms with van der Waals surface area (Å²) >= 11 is 0. The molecule has 1 atom stereocenters. The minimum atomic E-state index is -1.17. The van der Waals surface area contributed by atoms with Crippen molar-refractivity contribution in [3.63, 3.8) is 0 Å². The molecule has 4 heteroatoms. The van der Waals surface area contributed by atoms with Crippen LogP contribution in [0.3, 0.4) is 0 Å². The summed E-state index contributed by atoms with van der Waals surface area (Å²) in [6.45, 7) is 3.56. The van der Waals surface area contributed by atoms with Gasteiger partial charge in [0.1, 0.15) is 11.3 Å². The predicted octanol–water partition coefficient (Wildman–Crippen LogP) is 1.67. The minimum absolute atomic E-state index is 0.132. The van der Waals surface area contributed by atoms with Gasteiger partial charge < -0.3 is 15.9 Å². The van der Waals surface area contributed by atoms with Crippen molar-refractivity contribution < 1.29 is 15.0 Å². The Kier molecular flexibility index (Phi) is 3.46. The van der Waals surface area contributed by atoms with Crippen molar-refractivity contribution in [3.8, 4) is 5.75 Å². The maximum Gasteiger partial charge on any atom is 0.339 e. The van der Waals surface area contributed by atoms with Gasteiger partial charge in [0, 0.05) is 6.04 Å². The van der Waals surface area contributed by atoms with Gasteiger partial charge in [-0.05, 0) is 24.1 Å². The van der Waals surface area contributed by atoms with E-state index in [1.165, 1.54) is 12.1 Å². The minimum Gasteiger partial charge on any atom is -0.507 e. The highest BCUT2D eigenvalue weighted by Gasteiger charge is 2.12. The lowest BCUT2D eigenvalue weighted by Gasteiger charge is -2.10. The zero-order valence-electron chi connectivity index (χ0n) is 8.18. The molecule has 0 radical (unpaired) electrons. The molecule has 1 aromatic rings. The highest BCUT2D eigenvalue weighted by Crippen LogP contribution is 2.22. The zero-order chi connectivity index (χ0) is 11.4. The maximum atomic E-state index is 10.7. The largest absolute Gasteiger partial charge is 0.507 e. The van der Waals surface area contributed by atoms with Crippen LogP contribution in [0.5, 0.6) is 5.75 Å². The van der Waals surface area contributed by atoms with Crippen LogP contribution in [0.4, 0.5) is 0 Å². The van der Waals surface area contributed by atoms with E-state index in [1.54, 1.807) is 12.1 Å². The first-order valence-electron chi connectivity index (χ1n) is 4.49. The van der Waals surface area contributed by atoms with Crippen LogP contribution in [0.1, 0.15) is 28.4 Å². The third-order valence-electron chi connectivity index (χ3n) is 2.10. The van der Waals surface area contributed by atoms with Crippen molar-refractivity contribution in [1.82, 2.24) is 0 Å². The number of carboxylic acid groups (broad SMARTS) is 1. The third kappa shape index (κ3) is 2.57. The van der Waals surface area contributed by atoms with E-state index in [9.17, 15) is 9.90 Å². The zero-order valence-corrected chi connectivity index (χ0v) is 8.18. The molecule has 0 aliphatic heterocycles. The first kappa shape index (κ1) is 11.3. The summed E-state index contributed by atoms with van der Waals surface area (Å²) in [7, 11) is 0. The summed E-state index contributed by atoms with van der Waals surface area (Å²) < 4.78 is 0. The van der Waals surface area contributed by atoms with Crippen LogP contribution in [0.2, 0.25) is 0 Å². The van der Waals surface area contributed by atoms with Gasteiger partial charge in [-0.1, -0.05) is 12.1 Å². The van der Waals surface area contributed by atoms with Crippen molar-refractivity contribution in [2.24, 2.45) is 5.73 Å². The number of benzene rings is 1. The Morgan fingerprint density at radius 2 is 2.27 bits per heavy atom. The Bertz CT molecular complexity index is 387. The highest BCUT2D eigenvalue weighted by atomic mass is 16.4. The molecular formula is C11H13NO3. The number of carbonyl (C=O) groups is 1. The van der Waals surface area contributed by atoms with Crippen molar-refractivity contribution >= 4 is 5.97 Å². The van der Waals surface area contributed by atoms with Gasteiger partial charge in [-0.25, -0.2) is 4.79 Å². The van der Waals surface area contributed by atoms with Gasteiger partial charge in [-0.15, -0.1) is 6.58 Å². The van der Waals surface area contributed by atoms with Crippen molar-refractivity contribution in [2.75, 3.05) is 0 Å². The van der Waals surface area contributed by atoms with E-state index < -0.39 is 5.97 Å². The number of aromatic carboxylic acids is 1. The highest BCUT2D eigenvalue weighted by molar-refractivity contribution is 5.90. The first-order valence-corrected chi connectivity index (χ1v) is 4.49. The molecule has 0 bridgehead atoms. The summed E-state index contributed by atoms with van der Waals surface area (Å²) in [5, 5.41) is 18.1. The first-order chi connectivity index (χ1) is 7.06. The van der Waals surface area contributed by atoms with E-state index in [4.69, 9.17) is 10.8 Å². The Labute approximate surface area is 87.7 Å². The molecule has 15 heavy (non-hydrogen) atoms. The molecule has 0 spiro atoms. The fraction of sp³-hybridized carbons (Fsp3) is 0.182. The summed E-state index contributed by atoms with van der Waals surface area (Å²) in [5.74, 6) is -1.42. The third-order valence-corrected chi connectivity index (χ3v) is 2.10. The molecule has 4 N–H and O–H groups in total. The van der Waals surface area contributed by atoms with Crippen molar-refractivity contribution in [3.05, 3.63) is 42.0 Å². The van der Waals surface area contributed by atoms with Gasteiger partial charge in [0.05, 0.1) is 0 Å². The van der Waals surface area contributed by atoms with Gasteiger partial charge in [0.25, 0.3) is 0 Å². The molecule has 0 aliphatic rings. The second-order valence-corrected chi connectivity index (χ2v) is 3.21. The fourth-order valence-electron chi connectivity index (χ4n) is 1.27. The Balaban J connectivity index is 3.06. The smallest absolute Gasteiger partial charge is 0.339 e. The van der Waals surface area contributed by atoms with Gasteiger partial charge in [0.2, 0.25) is 0 Å². The van der Waals surface area contributed by atoms with Crippen LogP contribution in [0.25, 0.3) is 0 Å². The van der Waals surface area contributed by atoms with Crippen molar-refractivity contribution in [2.45, 2.75) is 12.5 Å². The average Bonchev–Trinajstić information content (AvgIpc) is 2.18. The summed E-state index contributed by atoms with van der Waals surface area (Å²) in [5.41, 5.74) is 6.32. The van der Waals surface area contributed by atoms with Crippen molar-refractivity contribution in [1.29, 1.82) is 0 Å². The van der Waals surface area contributed by atoms with E-state index in [2.05, 4.69) is 6.58 Å². The number of aromatic hydroxyl groups is 1. The number of hydrogen-bond donors (Lipinski definition) is 3. The SMILES string of the molecule is C=CC[C@@H](N)c1ccc(O)c(C(=O)O)c1. The normalized spacial score (nSPS) is 12.1. The quantitative estimate of drug-likeness (QED) is 0.656. The van der Waals surface area contributed by atoms with Gasteiger partial charge in [-0.2, -0.15) is 0 Å². The molecular weight excluding hydrogens is 194 g/mol. The molecule has 0 aromatic heterocycles. The topological polar surface area (TPSA) is 83.5 Å². The average molecular weight is 207 g/mol. The molecule has 0 fully saturated rings.